The van der Waals surface area contributed by atoms with Crippen LogP contribution in [-0.4, -0.2) is 17.5 Å². The zero-order valence-corrected chi connectivity index (χ0v) is 7.39. The highest BCUT2D eigenvalue weighted by Crippen LogP contribution is 2.49. The Bertz CT molecular complexity index is 301. The predicted octanol–water partition coefficient (Wildman–Crippen LogP) is 1.62. The summed E-state index contributed by atoms with van der Waals surface area (Å²) in [5.41, 5.74) is 1.47. The fourth-order valence-electron chi connectivity index (χ4n) is 1.71. The molecule has 0 radical (unpaired) electrons. The van der Waals surface area contributed by atoms with Crippen molar-refractivity contribution in [2.45, 2.75) is 32.0 Å². The SMILES string of the molecule is C=C(C)C12CC=C(C)C(=O)C1O2. The molecule has 2 rings (SSSR count). The van der Waals surface area contributed by atoms with Gasteiger partial charge in [-0.05, 0) is 25.0 Å². The zero-order chi connectivity index (χ0) is 8.93. The lowest BCUT2D eigenvalue weighted by Gasteiger charge is -2.14. The van der Waals surface area contributed by atoms with Crippen molar-refractivity contribution >= 4 is 5.78 Å². The van der Waals surface area contributed by atoms with E-state index in [4.69, 9.17) is 4.74 Å². The van der Waals surface area contributed by atoms with E-state index in [1.807, 2.05) is 19.9 Å². The Kier molecular flexibility index (Phi) is 1.34. The smallest absolute Gasteiger partial charge is 0.190 e. The van der Waals surface area contributed by atoms with Gasteiger partial charge in [0.25, 0.3) is 0 Å². The van der Waals surface area contributed by atoms with E-state index in [0.717, 1.165) is 17.6 Å². The molecule has 0 N–H and O–H groups in total. The summed E-state index contributed by atoms with van der Waals surface area (Å²) in [4.78, 5) is 11.4. The minimum atomic E-state index is -0.323. The Morgan fingerprint density at radius 3 is 3.08 bits per heavy atom. The summed E-state index contributed by atoms with van der Waals surface area (Å²) >= 11 is 0. The Morgan fingerprint density at radius 2 is 2.50 bits per heavy atom. The third-order valence-corrected chi connectivity index (χ3v) is 2.76. The number of ketones is 1. The van der Waals surface area contributed by atoms with Crippen molar-refractivity contribution in [3.05, 3.63) is 23.8 Å². The molecule has 1 saturated heterocycles. The molecular weight excluding hydrogens is 152 g/mol. The lowest BCUT2D eigenvalue weighted by molar-refractivity contribution is -0.116. The van der Waals surface area contributed by atoms with Gasteiger partial charge in [0.1, 0.15) is 5.60 Å². The van der Waals surface area contributed by atoms with Gasteiger partial charge in [0, 0.05) is 6.42 Å². The normalized spacial score (nSPS) is 38.7. The molecule has 1 heterocycles. The van der Waals surface area contributed by atoms with Gasteiger partial charge in [0.2, 0.25) is 0 Å². The molecule has 2 unspecified atom stereocenters. The van der Waals surface area contributed by atoms with Gasteiger partial charge in [0.05, 0.1) is 0 Å². The van der Waals surface area contributed by atoms with Crippen LogP contribution in [0.2, 0.25) is 0 Å². The number of Topliss-reactive ketones (excluding diaryl/α,β-unsaturated/α-hetero) is 1. The summed E-state index contributed by atoms with van der Waals surface area (Å²) in [5.74, 6) is 0.129. The molecule has 0 spiro atoms. The average molecular weight is 164 g/mol. The summed E-state index contributed by atoms with van der Waals surface area (Å²) in [7, 11) is 0. The molecule has 2 aliphatic rings. The van der Waals surface area contributed by atoms with Crippen LogP contribution in [0, 0.1) is 0 Å². The fraction of sp³-hybridized carbons (Fsp3) is 0.500. The van der Waals surface area contributed by atoms with Crippen LogP contribution in [0.4, 0.5) is 0 Å². The number of carbonyl (C=O) groups excluding carboxylic acids is 1. The van der Waals surface area contributed by atoms with Gasteiger partial charge in [0.15, 0.2) is 11.9 Å². The Balaban J connectivity index is 2.32. The Labute approximate surface area is 71.9 Å². The number of epoxide rings is 1. The van der Waals surface area contributed by atoms with Gasteiger partial charge >= 0.3 is 0 Å². The number of carbonyl (C=O) groups is 1. The largest absolute Gasteiger partial charge is 0.352 e. The second-order valence-electron chi connectivity index (χ2n) is 3.62. The first kappa shape index (κ1) is 7.74. The highest BCUT2D eigenvalue weighted by molar-refractivity contribution is 6.02. The number of hydrogen-bond donors (Lipinski definition) is 0. The number of hydrogen-bond acceptors (Lipinski definition) is 2. The first-order valence-corrected chi connectivity index (χ1v) is 4.13. The maximum Gasteiger partial charge on any atom is 0.190 e. The van der Waals surface area contributed by atoms with Crippen molar-refractivity contribution < 1.29 is 9.53 Å². The van der Waals surface area contributed by atoms with Crippen LogP contribution in [0.15, 0.2) is 23.8 Å². The predicted molar refractivity (Wildman–Crippen MR) is 45.8 cm³/mol. The summed E-state index contributed by atoms with van der Waals surface area (Å²) in [6, 6.07) is 0. The molecule has 2 heteroatoms. The molecule has 64 valence electrons. The molecular formula is C10H12O2. The first-order valence-electron chi connectivity index (χ1n) is 4.13. The van der Waals surface area contributed by atoms with E-state index in [-0.39, 0.29) is 17.5 Å². The van der Waals surface area contributed by atoms with E-state index in [0.29, 0.717) is 0 Å². The monoisotopic (exact) mass is 164 g/mol. The van der Waals surface area contributed by atoms with E-state index >= 15 is 0 Å². The lowest BCUT2D eigenvalue weighted by Crippen LogP contribution is -2.26. The summed E-state index contributed by atoms with van der Waals surface area (Å²) in [6.07, 6.45) is 2.53. The molecule has 1 aliphatic heterocycles. The summed E-state index contributed by atoms with van der Waals surface area (Å²) in [6.45, 7) is 7.60. The van der Waals surface area contributed by atoms with Gasteiger partial charge in [-0.15, -0.1) is 0 Å². The minimum Gasteiger partial charge on any atom is -0.352 e. The molecule has 0 aromatic carbocycles. The number of fused-ring (bicyclic) bond motifs is 1. The van der Waals surface area contributed by atoms with Crippen LogP contribution in [0.3, 0.4) is 0 Å². The van der Waals surface area contributed by atoms with Crippen molar-refractivity contribution in [2.75, 3.05) is 0 Å². The Morgan fingerprint density at radius 1 is 1.83 bits per heavy atom. The zero-order valence-electron chi connectivity index (χ0n) is 7.39. The lowest BCUT2D eigenvalue weighted by atomic mass is 9.85. The first-order chi connectivity index (χ1) is 5.58. The highest BCUT2D eigenvalue weighted by atomic mass is 16.6. The van der Waals surface area contributed by atoms with E-state index in [1.54, 1.807) is 0 Å². The fourth-order valence-corrected chi connectivity index (χ4v) is 1.71. The summed E-state index contributed by atoms with van der Waals surface area (Å²) < 4.78 is 5.41. The molecule has 2 nitrogen and oxygen atoms in total. The molecule has 2 atom stereocenters. The van der Waals surface area contributed by atoms with E-state index < -0.39 is 0 Å². The standard InChI is InChI=1S/C10H12O2/c1-6(2)10-5-4-7(3)8(11)9(10)12-10/h4,9H,1,5H2,2-3H3. The molecule has 0 bridgehead atoms. The minimum absolute atomic E-state index is 0.129. The average Bonchev–Trinajstić information content (AvgIpc) is 2.74. The third-order valence-electron chi connectivity index (χ3n) is 2.76. The van der Waals surface area contributed by atoms with E-state index in [2.05, 4.69) is 6.58 Å². The van der Waals surface area contributed by atoms with Gasteiger partial charge < -0.3 is 4.74 Å². The van der Waals surface area contributed by atoms with Crippen LogP contribution in [0.25, 0.3) is 0 Å². The van der Waals surface area contributed by atoms with E-state index in [1.165, 1.54) is 0 Å². The third kappa shape index (κ3) is 0.758. The van der Waals surface area contributed by atoms with E-state index in [9.17, 15) is 4.79 Å². The quantitative estimate of drug-likeness (QED) is 0.435. The van der Waals surface area contributed by atoms with Crippen molar-refractivity contribution in [3.63, 3.8) is 0 Å². The second kappa shape index (κ2) is 2.07. The highest BCUT2D eigenvalue weighted by Gasteiger charge is 2.62. The van der Waals surface area contributed by atoms with Crippen molar-refractivity contribution in [2.24, 2.45) is 0 Å². The van der Waals surface area contributed by atoms with Crippen LogP contribution >= 0.6 is 0 Å². The number of rotatable bonds is 1. The van der Waals surface area contributed by atoms with Crippen LogP contribution in [-0.2, 0) is 9.53 Å². The molecule has 1 fully saturated rings. The van der Waals surface area contributed by atoms with Crippen molar-refractivity contribution in [3.8, 4) is 0 Å². The van der Waals surface area contributed by atoms with Gasteiger partial charge in [-0.3, -0.25) is 4.79 Å². The molecule has 1 aliphatic carbocycles. The van der Waals surface area contributed by atoms with Gasteiger partial charge in [-0.25, -0.2) is 0 Å². The Hall–Kier alpha value is -0.890. The van der Waals surface area contributed by atoms with Crippen LogP contribution in [0.5, 0.6) is 0 Å². The number of ether oxygens (including phenoxy) is 1. The van der Waals surface area contributed by atoms with Crippen molar-refractivity contribution in [1.29, 1.82) is 0 Å². The molecule has 0 amide bonds. The van der Waals surface area contributed by atoms with Gasteiger partial charge in [-0.1, -0.05) is 12.7 Å². The molecule has 12 heavy (non-hydrogen) atoms. The summed E-state index contributed by atoms with van der Waals surface area (Å²) in [5, 5.41) is 0. The maximum absolute atomic E-state index is 11.4. The second-order valence-corrected chi connectivity index (χ2v) is 3.62. The van der Waals surface area contributed by atoms with Crippen molar-refractivity contribution in [1.82, 2.24) is 0 Å². The topological polar surface area (TPSA) is 29.6 Å². The molecule has 0 aromatic rings. The molecule has 0 aromatic heterocycles. The molecule has 0 saturated carbocycles. The maximum atomic E-state index is 11.4. The van der Waals surface area contributed by atoms with Crippen LogP contribution < -0.4 is 0 Å². The van der Waals surface area contributed by atoms with Crippen LogP contribution in [0.1, 0.15) is 20.3 Å². The van der Waals surface area contributed by atoms with Gasteiger partial charge in [-0.2, -0.15) is 0 Å².